The van der Waals surface area contributed by atoms with E-state index in [4.69, 9.17) is 9.47 Å². The zero-order valence-corrected chi connectivity index (χ0v) is 21.2. The van der Waals surface area contributed by atoms with Crippen LogP contribution in [0.3, 0.4) is 0 Å². The van der Waals surface area contributed by atoms with Gasteiger partial charge in [-0.2, -0.15) is 5.10 Å². The summed E-state index contributed by atoms with van der Waals surface area (Å²) < 4.78 is 38.7. The standard InChI is InChI=1S/C26H29N3O5S/c1-18-9-12-22(13-10-18)35(31,32)29(23-8-6-7-19(2)20(23)3)17-26(30)28-27-16-21-11-14-24(33-4)25(15-21)34-5/h6-16H,17H2,1-5H3,(H,28,30)/b27-16-. The quantitative estimate of drug-likeness (QED) is 0.358. The highest BCUT2D eigenvalue weighted by molar-refractivity contribution is 7.92. The lowest BCUT2D eigenvalue weighted by atomic mass is 10.1. The van der Waals surface area contributed by atoms with Gasteiger partial charge in [-0.15, -0.1) is 0 Å². The average molecular weight is 496 g/mol. The van der Waals surface area contributed by atoms with E-state index in [9.17, 15) is 13.2 Å². The number of ether oxygens (including phenoxy) is 2. The molecule has 0 aliphatic heterocycles. The highest BCUT2D eigenvalue weighted by Gasteiger charge is 2.28. The first-order chi connectivity index (χ1) is 16.7. The largest absolute Gasteiger partial charge is 0.493 e. The summed E-state index contributed by atoms with van der Waals surface area (Å²) in [5, 5.41) is 3.98. The molecular weight excluding hydrogens is 466 g/mol. The van der Waals surface area contributed by atoms with Gasteiger partial charge in [0.25, 0.3) is 15.9 Å². The first-order valence-corrected chi connectivity index (χ1v) is 12.3. The number of hydrogen-bond donors (Lipinski definition) is 1. The number of rotatable bonds is 9. The maximum atomic E-state index is 13.6. The second-order valence-electron chi connectivity index (χ2n) is 7.95. The molecule has 0 fully saturated rings. The number of nitrogens with zero attached hydrogens (tertiary/aromatic N) is 2. The van der Waals surface area contributed by atoms with Crippen molar-refractivity contribution in [1.82, 2.24) is 5.43 Å². The molecule has 0 saturated heterocycles. The van der Waals surface area contributed by atoms with Crippen LogP contribution in [0.2, 0.25) is 0 Å². The van der Waals surface area contributed by atoms with E-state index in [1.807, 2.05) is 26.8 Å². The molecule has 0 atom stereocenters. The van der Waals surface area contributed by atoms with Crippen molar-refractivity contribution in [2.45, 2.75) is 25.7 Å². The van der Waals surface area contributed by atoms with Crippen molar-refractivity contribution in [3.05, 3.63) is 82.9 Å². The second-order valence-corrected chi connectivity index (χ2v) is 9.81. The van der Waals surface area contributed by atoms with Crippen LogP contribution in [-0.2, 0) is 14.8 Å². The number of carbonyl (C=O) groups excluding carboxylic acids is 1. The molecule has 3 rings (SSSR count). The Hall–Kier alpha value is -3.85. The first-order valence-electron chi connectivity index (χ1n) is 10.9. The van der Waals surface area contributed by atoms with E-state index in [-0.39, 0.29) is 4.90 Å². The van der Waals surface area contributed by atoms with Crippen LogP contribution in [0.5, 0.6) is 11.5 Å². The monoisotopic (exact) mass is 495 g/mol. The molecule has 3 aromatic rings. The lowest BCUT2D eigenvalue weighted by Gasteiger charge is -2.26. The number of amides is 1. The predicted octanol–water partition coefficient (Wildman–Crippen LogP) is 3.97. The van der Waals surface area contributed by atoms with Gasteiger partial charge in [0.05, 0.1) is 31.0 Å². The lowest BCUT2D eigenvalue weighted by molar-refractivity contribution is -0.119. The van der Waals surface area contributed by atoms with Gasteiger partial charge >= 0.3 is 0 Å². The smallest absolute Gasteiger partial charge is 0.264 e. The van der Waals surface area contributed by atoms with Crippen LogP contribution in [-0.4, -0.2) is 41.3 Å². The molecule has 0 aromatic heterocycles. The highest BCUT2D eigenvalue weighted by atomic mass is 32.2. The van der Waals surface area contributed by atoms with Crippen LogP contribution in [0.15, 0.2) is 70.7 Å². The first kappa shape index (κ1) is 25.8. The fourth-order valence-electron chi connectivity index (χ4n) is 3.42. The minimum atomic E-state index is -4.01. The number of anilines is 1. The summed E-state index contributed by atoms with van der Waals surface area (Å²) in [4.78, 5) is 12.9. The van der Waals surface area contributed by atoms with E-state index in [0.717, 1.165) is 21.0 Å². The van der Waals surface area contributed by atoms with Crippen molar-refractivity contribution in [2.75, 3.05) is 25.1 Å². The lowest BCUT2D eigenvalue weighted by Crippen LogP contribution is -2.40. The van der Waals surface area contributed by atoms with Crippen molar-refractivity contribution in [3.63, 3.8) is 0 Å². The third-order valence-electron chi connectivity index (χ3n) is 5.55. The summed E-state index contributed by atoms with van der Waals surface area (Å²) in [5.41, 5.74) is 6.14. The van der Waals surface area contributed by atoms with Crippen molar-refractivity contribution in [3.8, 4) is 11.5 Å². The summed E-state index contributed by atoms with van der Waals surface area (Å²) in [5.74, 6) is 0.505. The Labute approximate surface area is 206 Å². The van der Waals surface area contributed by atoms with Crippen LogP contribution in [0.4, 0.5) is 5.69 Å². The van der Waals surface area contributed by atoms with E-state index >= 15 is 0 Å². The van der Waals surface area contributed by atoms with Gasteiger partial charge in [-0.25, -0.2) is 13.8 Å². The van der Waals surface area contributed by atoms with Gasteiger partial charge in [-0.05, 0) is 73.9 Å². The molecule has 184 valence electrons. The Morgan fingerprint density at radius 3 is 2.31 bits per heavy atom. The van der Waals surface area contributed by atoms with E-state index in [0.29, 0.717) is 22.7 Å². The second kappa shape index (κ2) is 11.1. The third kappa shape index (κ3) is 5.99. The zero-order valence-electron chi connectivity index (χ0n) is 20.4. The van der Waals surface area contributed by atoms with Crippen molar-refractivity contribution >= 4 is 27.8 Å². The summed E-state index contributed by atoms with van der Waals surface area (Å²) >= 11 is 0. The minimum Gasteiger partial charge on any atom is -0.493 e. The fourth-order valence-corrected chi connectivity index (χ4v) is 4.90. The SMILES string of the molecule is COc1ccc(/C=N\NC(=O)CN(c2cccc(C)c2C)S(=O)(=O)c2ccc(C)cc2)cc1OC. The molecule has 1 N–H and O–H groups in total. The molecule has 1 amide bonds. The number of methoxy groups -OCH3 is 2. The molecule has 0 radical (unpaired) electrons. The number of benzene rings is 3. The van der Waals surface area contributed by atoms with Gasteiger partial charge in [0, 0.05) is 0 Å². The molecule has 0 heterocycles. The van der Waals surface area contributed by atoms with E-state index in [2.05, 4.69) is 10.5 Å². The number of aryl methyl sites for hydroxylation is 2. The van der Waals surface area contributed by atoms with E-state index in [1.54, 1.807) is 42.5 Å². The van der Waals surface area contributed by atoms with Gasteiger partial charge in [0.1, 0.15) is 6.54 Å². The molecule has 0 bridgehead atoms. The molecule has 35 heavy (non-hydrogen) atoms. The molecule has 0 unspecified atom stereocenters. The van der Waals surface area contributed by atoms with Crippen LogP contribution in [0, 0.1) is 20.8 Å². The summed E-state index contributed by atoms with van der Waals surface area (Å²) in [6.07, 6.45) is 1.44. The molecule has 0 aliphatic carbocycles. The maximum absolute atomic E-state index is 13.6. The van der Waals surface area contributed by atoms with E-state index in [1.165, 1.54) is 32.6 Å². The number of hydrogen-bond acceptors (Lipinski definition) is 6. The highest BCUT2D eigenvalue weighted by Crippen LogP contribution is 2.29. The zero-order chi connectivity index (χ0) is 25.6. The van der Waals surface area contributed by atoms with Crippen LogP contribution in [0.1, 0.15) is 22.3 Å². The number of sulfonamides is 1. The molecule has 8 nitrogen and oxygen atoms in total. The van der Waals surface area contributed by atoms with Gasteiger partial charge in [0.15, 0.2) is 11.5 Å². The van der Waals surface area contributed by atoms with Gasteiger partial charge in [0.2, 0.25) is 0 Å². The Bertz CT molecular complexity index is 1340. The normalized spacial score (nSPS) is 11.3. The van der Waals surface area contributed by atoms with Crippen molar-refractivity contribution in [2.24, 2.45) is 5.10 Å². The summed E-state index contributed by atoms with van der Waals surface area (Å²) in [7, 11) is -0.944. The summed E-state index contributed by atoms with van der Waals surface area (Å²) in [6, 6.07) is 17.0. The van der Waals surface area contributed by atoms with Crippen LogP contribution >= 0.6 is 0 Å². The van der Waals surface area contributed by atoms with Crippen LogP contribution in [0.25, 0.3) is 0 Å². The Morgan fingerprint density at radius 2 is 1.66 bits per heavy atom. The molecular formula is C26H29N3O5S. The maximum Gasteiger partial charge on any atom is 0.264 e. The number of nitrogens with one attached hydrogen (secondary N) is 1. The fraction of sp³-hybridized carbons (Fsp3) is 0.231. The van der Waals surface area contributed by atoms with Gasteiger partial charge < -0.3 is 9.47 Å². The Balaban J connectivity index is 1.86. The van der Waals surface area contributed by atoms with Crippen LogP contribution < -0.4 is 19.2 Å². The Kier molecular flexibility index (Phi) is 8.14. The molecule has 3 aromatic carbocycles. The average Bonchev–Trinajstić information content (AvgIpc) is 2.84. The molecule has 0 saturated carbocycles. The molecule has 0 spiro atoms. The summed E-state index contributed by atoms with van der Waals surface area (Å²) in [6.45, 7) is 5.16. The minimum absolute atomic E-state index is 0.102. The topological polar surface area (TPSA) is 97.3 Å². The Morgan fingerprint density at radius 1 is 0.971 bits per heavy atom. The van der Waals surface area contributed by atoms with Crippen molar-refractivity contribution in [1.29, 1.82) is 0 Å². The van der Waals surface area contributed by atoms with Gasteiger partial charge in [-0.3, -0.25) is 9.10 Å². The number of hydrazone groups is 1. The third-order valence-corrected chi connectivity index (χ3v) is 7.33. The molecule has 9 heteroatoms. The van der Waals surface area contributed by atoms with Crippen molar-refractivity contribution < 1.29 is 22.7 Å². The van der Waals surface area contributed by atoms with E-state index < -0.39 is 22.5 Å². The predicted molar refractivity (Wildman–Crippen MR) is 137 cm³/mol. The van der Waals surface area contributed by atoms with Gasteiger partial charge in [-0.1, -0.05) is 29.8 Å². The number of carbonyl (C=O) groups is 1. The molecule has 0 aliphatic rings.